The van der Waals surface area contributed by atoms with Crippen LogP contribution in [0.2, 0.25) is 0 Å². The van der Waals surface area contributed by atoms with E-state index in [0.717, 1.165) is 12.1 Å². The molecule has 0 radical (unpaired) electrons. The Morgan fingerprint density at radius 1 is 1.69 bits per heavy atom. The van der Waals surface area contributed by atoms with Gasteiger partial charge in [-0.05, 0) is 29.9 Å². The number of nitrogens with two attached hydrogens (primary N) is 1. The van der Waals surface area contributed by atoms with Gasteiger partial charge >= 0.3 is 0 Å². The minimum Gasteiger partial charge on any atom is -0.389 e. The third kappa shape index (κ3) is 2.82. The molecule has 1 saturated heterocycles. The normalized spacial score (nSPS) is 19.6. The first-order valence-corrected chi connectivity index (χ1v) is 6.77. The summed E-state index contributed by atoms with van der Waals surface area (Å²) in [6, 6.07) is 1.79. The summed E-state index contributed by atoms with van der Waals surface area (Å²) in [6.07, 6.45) is 2.87. The first kappa shape index (κ1) is 11.6. The van der Waals surface area contributed by atoms with Crippen LogP contribution in [-0.4, -0.2) is 33.2 Å². The minimum atomic E-state index is 0.359. The predicted molar refractivity (Wildman–Crippen MR) is 71.8 cm³/mol. The summed E-state index contributed by atoms with van der Waals surface area (Å²) >= 11 is 6.97. The van der Waals surface area contributed by atoms with E-state index in [4.69, 9.17) is 18.0 Å². The standard InChI is InChI=1S/C10H14N4S2/c11-9(15)8-1-3-13-14-10(8)12-5-7-2-4-16-6-7/h1,3,7H,2,4-6H2,(H2,11,15)(H,12,14). The van der Waals surface area contributed by atoms with Gasteiger partial charge in [0.05, 0.1) is 11.8 Å². The van der Waals surface area contributed by atoms with Crippen LogP contribution in [0.3, 0.4) is 0 Å². The minimum absolute atomic E-state index is 0.359. The number of anilines is 1. The monoisotopic (exact) mass is 254 g/mol. The number of rotatable bonds is 4. The van der Waals surface area contributed by atoms with Crippen molar-refractivity contribution in [1.82, 2.24) is 10.2 Å². The summed E-state index contributed by atoms with van der Waals surface area (Å²) < 4.78 is 0. The lowest BCUT2D eigenvalue weighted by Gasteiger charge is -2.12. The molecule has 1 atom stereocenters. The third-order valence-corrected chi connectivity index (χ3v) is 4.02. The Bertz CT molecular complexity index is 377. The maximum atomic E-state index is 5.62. The zero-order valence-electron chi connectivity index (χ0n) is 8.85. The fraction of sp³-hybridized carbons (Fsp3) is 0.500. The Balaban J connectivity index is 2.00. The zero-order chi connectivity index (χ0) is 11.4. The average molecular weight is 254 g/mol. The summed E-state index contributed by atoms with van der Waals surface area (Å²) in [6.45, 7) is 0.918. The van der Waals surface area contributed by atoms with Gasteiger partial charge in [-0.15, -0.1) is 5.10 Å². The second kappa shape index (κ2) is 5.45. The van der Waals surface area contributed by atoms with Crippen LogP contribution in [0.5, 0.6) is 0 Å². The second-order valence-electron chi connectivity index (χ2n) is 3.77. The van der Waals surface area contributed by atoms with Gasteiger partial charge in [0.1, 0.15) is 4.99 Å². The largest absolute Gasteiger partial charge is 0.389 e. The lowest BCUT2D eigenvalue weighted by atomic mass is 10.1. The maximum absolute atomic E-state index is 5.62. The van der Waals surface area contributed by atoms with Crippen molar-refractivity contribution in [3.63, 3.8) is 0 Å². The molecule has 86 valence electrons. The molecule has 0 saturated carbocycles. The highest BCUT2D eigenvalue weighted by Crippen LogP contribution is 2.23. The number of hydrogen-bond acceptors (Lipinski definition) is 5. The number of nitrogens with one attached hydrogen (secondary N) is 1. The number of hydrogen-bond donors (Lipinski definition) is 2. The third-order valence-electron chi connectivity index (χ3n) is 2.57. The van der Waals surface area contributed by atoms with E-state index in [-0.39, 0.29) is 0 Å². The lowest BCUT2D eigenvalue weighted by Crippen LogP contribution is -2.19. The first-order chi connectivity index (χ1) is 7.77. The zero-order valence-corrected chi connectivity index (χ0v) is 10.5. The van der Waals surface area contributed by atoms with Crippen LogP contribution in [-0.2, 0) is 0 Å². The quantitative estimate of drug-likeness (QED) is 0.789. The molecule has 2 rings (SSSR count). The van der Waals surface area contributed by atoms with Crippen LogP contribution in [0.1, 0.15) is 12.0 Å². The smallest absolute Gasteiger partial charge is 0.158 e. The molecule has 1 unspecified atom stereocenters. The molecule has 1 aliphatic heterocycles. The second-order valence-corrected chi connectivity index (χ2v) is 5.36. The molecule has 1 aromatic rings. The van der Waals surface area contributed by atoms with Gasteiger partial charge in [0.25, 0.3) is 0 Å². The fourth-order valence-electron chi connectivity index (χ4n) is 1.65. The molecule has 0 spiro atoms. The van der Waals surface area contributed by atoms with Crippen LogP contribution >= 0.6 is 24.0 Å². The maximum Gasteiger partial charge on any atom is 0.158 e. The number of thioether (sulfide) groups is 1. The average Bonchev–Trinajstić information content (AvgIpc) is 2.79. The topological polar surface area (TPSA) is 63.8 Å². The van der Waals surface area contributed by atoms with Crippen molar-refractivity contribution in [2.45, 2.75) is 6.42 Å². The molecule has 0 aromatic carbocycles. The first-order valence-electron chi connectivity index (χ1n) is 5.20. The molecule has 2 heterocycles. The molecule has 16 heavy (non-hydrogen) atoms. The molecule has 3 N–H and O–H groups in total. The van der Waals surface area contributed by atoms with E-state index in [9.17, 15) is 0 Å². The van der Waals surface area contributed by atoms with Crippen molar-refractivity contribution < 1.29 is 0 Å². The van der Waals surface area contributed by atoms with Crippen molar-refractivity contribution in [2.75, 3.05) is 23.4 Å². The highest BCUT2D eigenvalue weighted by Gasteiger charge is 2.16. The fourth-order valence-corrected chi connectivity index (χ4v) is 3.10. The molecule has 0 amide bonds. The van der Waals surface area contributed by atoms with Crippen LogP contribution in [0.15, 0.2) is 12.3 Å². The number of thiocarbonyl (C=S) groups is 1. The molecule has 1 aliphatic rings. The highest BCUT2D eigenvalue weighted by atomic mass is 32.2. The van der Waals surface area contributed by atoms with E-state index in [2.05, 4.69) is 15.5 Å². The van der Waals surface area contributed by atoms with Crippen molar-refractivity contribution >= 4 is 34.8 Å². The van der Waals surface area contributed by atoms with Gasteiger partial charge in [0, 0.05) is 6.54 Å². The van der Waals surface area contributed by atoms with Crippen LogP contribution in [0, 0.1) is 5.92 Å². The van der Waals surface area contributed by atoms with Crippen LogP contribution in [0.25, 0.3) is 0 Å². The highest BCUT2D eigenvalue weighted by molar-refractivity contribution is 7.99. The number of aromatic nitrogens is 2. The van der Waals surface area contributed by atoms with Gasteiger partial charge in [-0.2, -0.15) is 16.9 Å². The molecule has 1 fully saturated rings. The molecular formula is C10H14N4S2. The summed E-state index contributed by atoms with van der Waals surface area (Å²) in [5, 5.41) is 11.1. The van der Waals surface area contributed by atoms with E-state index < -0.39 is 0 Å². The van der Waals surface area contributed by atoms with Gasteiger partial charge in [0.2, 0.25) is 0 Å². The van der Waals surface area contributed by atoms with Crippen molar-refractivity contribution in [3.8, 4) is 0 Å². The van der Waals surface area contributed by atoms with E-state index in [0.29, 0.717) is 16.7 Å². The Kier molecular flexibility index (Phi) is 3.95. The molecule has 0 bridgehead atoms. The molecule has 6 heteroatoms. The Morgan fingerprint density at radius 3 is 3.25 bits per heavy atom. The summed E-state index contributed by atoms with van der Waals surface area (Å²) in [7, 11) is 0. The molecule has 1 aromatic heterocycles. The van der Waals surface area contributed by atoms with Crippen molar-refractivity contribution in [2.24, 2.45) is 11.7 Å². The molecule has 4 nitrogen and oxygen atoms in total. The summed E-state index contributed by atoms with van der Waals surface area (Å²) in [5.74, 6) is 3.89. The van der Waals surface area contributed by atoms with Crippen LogP contribution in [0.4, 0.5) is 5.82 Å². The predicted octanol–water partition coefficient (Wildman–Crippen LogP) is 1.28. The van der Waals surface area contributed by atoms with E-state index in [1.54, 1.807) is 12.3 Å². The lowest BCUT2D eigenvalue weighted by molar-refractivity contribution is 0.629. The van der Waals surface area contributed by atoms with Gasteiger partial charge < -0.3 is 11.1 Å². The van der Waals surface area contributed by atoms with Crippen molar-refractivity contribution in [1.29, 1.82) is 0 Å². The molecular weight excluding hydrogens is 240 g/mol. The molecule has 0 aliphatic carbocycles. The van der Waals surface area contributed by atoms with Gasteiger partial charge in [-0.25, -0.2) is 0 Å². The van der Waals surface area contributed by atoms with Crippen LogP contribution < -0.4 is 11.1 Å². The number of nitrogens with zero attached hydrogens (tertiary/aromatic N) is 2. The van der Waals surface area contributed by atoms with Gasteiger partial charge in [0.15, 0.2) is 5.82 Å². The van der Waals surface area contributed by atoms with Gasteiger partial charge in [-0.3, -0.25) is 0 Å². The van der Waals surface area contributed by atoms with E-state index >= 15 is 0 Å². The van der Waals surface area contributed by atoms with E-state index in [1.165, 1.54) is 17.9 Å². The summed E-state index contributed by atoms with van der Waals surface area (Å²) in [4.78, 5) is 0.359. The SMILES string of the molecule is NC(=S)c1ccnnc1NCC1CCSC1. The Morgan fingerprint density at radius 2 is 2.56 bits per heavy atom. The summed E-state index contributed by atoms with van der Waals surface area (Å²) in [5.41, 5.74) is 6.39. The van der Waals surface area contributed by atoms with Gasteiger partial charge in [-0.1, -0.05) is 12.2 Å². The Labute approximate surface area is 104 Å². The van der Waals surface area contributed by atoms with Crippen molar-refractivity contribution in [3.05, 3.63) is 17.8 Å². The Hall–Kier alpha value is -0.880. The van der Waals surface area contributed by atoms with E-state index in [1.807, 2.05) is 11.8 Å².